The second kappa shape index (κ2) is 4.30. The van der Waals surface area contributed by atoms with Crippen LogP contribution in [0.4, 0.5) is 5.69 Å². The van der Waals surface area contributed by atoms with Crippen LogP contribution in [0.25, 0.3) is 0 Å². The van der Waals surface area contributed by atoms with Crippen LogP contribution in [0, 0.1) is 0 Å². The van der Waals surface area contributed by atoms with Crippen molar-refractivity contribution in [2.24, 2.45) is 0 Å². The number of thiophene rings is 1. The molecule has 0 aliphatic heterocycles. The molecular formula is C7H11NOS. The highest BCUT2D eigenvalue weighted by Crippen LogP contribution is 2.10. The number of anilines is 1. The number of methoxy groups -OCH3 is 1. The van der Waals surface area contributed by atoms with E-state index in [2.05, 4.69) is 22.1 Å². The molecule has 0 spiro atoms. The summed E-state index contributed by atoms with van der Waals surface area (Å²) in [6.45, 7) is 1.64. The second-order valence-corrected chi connectivity index (χ2v) is 2.71. The summed E-state index contributed by atoms with van der Waals surface area (Å²) in [4.78, 5) is 0. The maximum Gasteiger partial charge on any atom is 0.0635 e. The van der Waals surface area contributed by atoms with Gasteiger partial charge in [-0.25, -0.2) is 0 Å². The van der Waals surface area contributed by atoms with E-state index in [-0.39, 0.29) is 0 Å². The number of hydrogen-bond acceptors (Lipinski definition) is 3. The molecule has 0 amide bonds. The van der Waals surface area contributed by atoms with Crippen LogP contribution >= 0.6 is 11.3 Å². The van der Waals surface area contributed by atoms with Crippen LogP contribution < -0.4 is 5.32 Å². The highest BCUT2D eigenvalue weighted by atomic mass is 32.1. The monoisotopic (exact) mass is 157 g/mol. The second-order valence-electron chi connectivity index (χ2n) is 1.93. The molecule has 2 nitrogen and oxygen atoms in total. The van der Waals surface area contributed by atoms with E-state index in [0.717, 1.165) is 13.2 Å². The number of hydrogen-bond donors (Lipinski definition) is 1. The molecule has 1 N–H and O–H groups in total. The van der Waals surface area contributed by atoms with Gasteiger partial charge in [-0.05, 0) is 11.4 Å². The fourth-order valence-corrected chi connectivity index (χ4v) is 1.27. The molecule has 0 aliphatic rings. The lowest BCUT2D eigenvalue weighted by Gasteiger charge is -2.00. The molecule has 1 aromatic rings. The zero-order chi connectivity index (χ0) is 7.23. The van der Waals surface area contributed by atoms with E-state index in [0.29, 0.717) is 0 Å². The van der Waals surface area contributed by atoms with E-state index in [9.17, 15) is 0 Å². The van der Waals surface area contributed by atoms with Gasteiger partial charge < -0.3 is 10.1 Å². The molecule has 3 heteroatoms. The van der Waals surface area contributed by atoms with E-state index in [1.165, 1.54) is 5.69 Å². The summed E-state index contributed by atoms with van der Waals surface area (Å²) in [7, 11) is 1.70. The highest BCUT2D eigenvalue weighted by Gasteiger charge is 1.88. The zero-order valence-electron chi connectivity index (χ0n) is 5.96. The molecule has 0 bridgehead atoms. The van der Waals surface area contributed by atoms with Crippen LogP contribution in [-0.4, -0.2) is 20.3 Å². The zero-order valence-corrected chi connectivity index (χ0v) is 6.78. The fourth-order valence-electron chi connectivity index (χ4n) is 0.662. The predicted octanol–water partition coefficient (Wildman–Crippen LogP) is 1.81. The first-order valence-corrected chi connectivity index (χ1v) is 4.13. The van der Waals surface area contributed by atoms with E-state index < -0.39 is 0 Å². The molecule has 56 valence electrons. The minimum atomic E-state index is 0.760. The minimum Gasteiger partial charge on any atom is -0.383 e. The average molecular weight is 157 g/mol. The molecular weight excluding hydrogens is 146 g/mol. The molecule has 0 atom stereocenters. The molecule has 0 radical (unpaired) electrons. The van der Waals surface area contributed by atoms with Gasteiger partial charge in [0, 0.05) is 24.7 Å². The topological polar surface area (TPSA) is 21.3 Å². The molecule has 10 heavy (non-hydrogen) atoms. The summed E-state index contributed by atoms with van der Waals surface area (Å²) in [5.74, 6) is 0. The van der Waals surface area contributed by atoms with Crippen LogP contribution in [0.2, 0.25) is 0 Å². The van der Waals surface area contributed by atoms with Crippen molar-refractivity contribution in [2.45, 2.75) is 0 Å². The van der Waals surface area contributed by atoms with Crippen molar-refractivity contribution < 1.29 is 4.74 Å². The molecule has 0 aliphatic carbocycles. The van der Waals surface area contributed by atoms with Crippen molar-refractivity contribution in [1.82, 2.24) is 0 Å². The molecule has 1 rings (SSSR count). The first kappa shape index (κ1) is 7.57. The Kier molecular flexibility index (Phi) is 3.26. The molecule has 0 unspecified atom stereocenters. The summed E-state index contributed by atoms with van der Waals surface area (Å²) in [6.07, 6.45) is 0. The SMILES string of the molecule is COCCNc1ccsc1. The Labute approximate surface area is 64.8 Å². The van der Waals surface area contributed by atoms with Gasteiger partial charge in [0.25, 0.3) is 0 Å². The van der Waals surface area contributed by atoms with Crippen LogP contribution in [-0.2, 0) is 4.74 Å². The quantitative estimate of drug-likeness (QED) is 0.673. The third-order valence-corrected chi connectivity index (χ3v) is 1.84. The first-order chi connectivity index (χ1) is 4.93. The lowest BCUT2D eigenvalue weighted by atomic mass is 10.5. The molecule has 0 fully saturated rings. The Bertz CT molecular complexity index is 162. The van der Waals surface area contributed by atoms with Gasteiger partial charge in [-0.3, -0.25) is 0 Å². The summed E-state index contributed by atoms with van der Waals surface area (Å²) in [6, 6.07) is 2.06. The van der Waals surface area contributed by atoms with Crippen molar-refractivity contribution in [3.63, 3.8) is 0 Å². The fraction of sp³-hybridized carbons (Fsp3) is 0.429. The lowest BCUT2D eigenvalue weighted by molar-refractivity contribution is 0.211. The smallest absolute Gasteiger partial charge is 0.0635 e. The van der Waals surface area contributed by atoms with E-state index >= 15 is 0 Å². The summed E-state index contributed by atoms with van der Waals surface area (Å²) in [5.41, 5.74) is 1.18. The Morgan fingerprint density at radius 1 is 1.70 bits per heavy atom. The molecule has 0 saturated carbocycles. The van der Waals surface area contributed by atoms with Crippen LogP contribution in [0.15, 0.2) is 16.8 Å². The Morgan fingerprint density at radius 3 is 3.20 bits per heavy atom. The van der Waals surface area contributed by atoms with Crippen molar-refractivity contribution in [3.8, 4) is 0 Å². The van der Waals surface area contributed by atoms with E-state index in [1.54, 1.807) is 18.4 Å². The first-order valence-electron chi connectivity index (χ1n) is 3.18. The standard InChI is InChI=1S/C7H11NOS/c1-9-4-3-8-7-2-5-10-6-7/h2,5-6,8H,3-4H2,1H3. The predicted molar refractivity (Wildman–Crippen MR) is 44.7 cm³/mol. The van der Waals surface area contributed by atoms with Gasteiger partial charge in [-0.1, -0.05) is 0 Å². The van der Waals surface area contributed by atoms with Crippen molar-refractivity contribution in [1.29, 1.82) is 0 Å². The van der Waals surface area contributed by atoms with Gasteiger partial charge in [0.1, 0.15) is 0 Å². The summed E-state index contributed by atoms with van der Waals surface area (Å²) >= 11 is 1.69. The third kappa shape index (κ3) is 2.37. The largest absolute Gasteiger partial charge is 0.383 e. The van der Waals surface area contributed by atoms with Crippen LogP contribution in [0.5, 0.6) is 0 Å². The maximum absolute atomic E-state index is 4.88. The van der Waals surface area contributed by atoms with Gasteiger partial charge in [0.15, 0.2) is 0 Å². The molecule has 0 aromatic carbocycles. The van der Waals surface area contributed by atoms with Crippen molar-refractivity contribution >= 4 is 17.0 Å². The molecule has 0 saturated heterocycles. The highest BCUT2D eigenvalue weighted by molar-refractivity contribution is 7.08. The van der Waals surface area contributed by atoms with Gasteiger partial charge in [0.2, 0.25) is 0 Å². The number of ether oxygens (including phenoxy) is 1. The average Bonchev–Trinajstić information content (AvgIpc) is 2.41. The van der Waals surface area contributed by atoms with Crippen molar-refractivity contribution in [3.05, 3.63) is 16.8 Å². The minimum absolute atomic E-state index is 0.760. The van der Waals surface area contributed by atoms with Gasteiger partial charge in [-0.15, -0.1) is 0 Å². The Balaban J connectivity index is 2.15. The van der Waals surface area contributed by atoms with Crippen LogP contribution in [0.1, 0.15) is 0 Å². The van der Waals surface area contributed by atoms with E-state index in [4.69, 9.17) is 4.74 Å². The Morgan fingerprint density at radius 2 is 2.60 bits per heavy atom. The van der Waals surface area contributed by atoms with Gasteiger partial charge >= 0.3 is 0 Å². The van der Waals surface area contributed by atoms with Gasteiger partial charge in [0.05, 0.1) is 6.61 Å². The summed E-state index contributed by atoms with van der Waals surface area (Å²) < 4.78 is 4.88. The lowest BCUT2D eigenvalue weighted by Crippen LogP contribution is -2.06. The van der Waals surface area contributed by atoms with Crippen molar-refractivity contribution in [2.75, 3.05) is 25.6 Å². The van der Waals surface area contributed by atoms with Gasteiger partial charge in [-0.2, -0.15) is 11.3 Å². The number of nitrogens with one attached hydrogen (secondary N) is 1. The van der Waals surface area contributed by atoms with E-state index in [1.807, 2.05) is 0 Å². The Hall–Kier alpha value is -0.540. The molecule has 1 aromatic heterocycles. The van der Waals surface area contributed by atoms with Crippen LogP contribution in [0.3, 0.4) is 0 Å². The maximum atomic E-state index is 4.88. The third-order valence-electron chi connectivity index (χ3n) is 1.16. The summed E-state index contributed by atoms with van der Waals surface area (Å²) in [5, 5.41) is 7.34. The number of rotatable bonds is 4. The normalized spacial score (nSPS) is 9.70. The molecule has 1 heterocycles.